The molecule has 5 nitrogen and oxygen atoms in total. The maximum atomic E-state index is 11.7. The van der Waals surface area contributed by atoms with Crippen LogP contribution in [-0.4, -0.2) is 36.6 Å². The predicted molar refractivity (Wildman–Crippen MR) is 68.2 cm³/mol. The van der Waals surface area contributed by atoms with Crippen molar-refractivity contribution in [2.24, 2.45) is 0 Å². The van der Waals surface area contributed by atoms with Gasteiger partial charge in [-0.2, -0.15) is 11.3 Å². The minimum absolute atomic E-state index is 0.0691. The maximum absolute atomic E-state index is 11.7. The van der Waals surface area contributed by atoms with Crippen LogP contribution >= 0.6 is 11.3 Å². The third-order valence-corrected chi connectivity index (χ3v) is 3.37. The van der Waals surface area contributed by atoms with Gasteiger partial charge >= 0.3 is 0 Å². The zero-order chi connectivity index (χ0) is 12.8. The van der Waals surface area contributed by atoms with Gasteiger partial charge in [0.25, 0.3) is 5.91 Å². The molecule has 0 saturated carbocycles. The molecule has 1 aliphatic heterocycles. The molecule has 0 unspecified atom stereocenters. The molecule has 2 heterocycles. The summed E-state index contributed by atoms with van der Waals surface area (Å²) in [5.74, 6) is -0.205. The first-order valence-corrected chi connectivity index (χ1v) is 6.95. The highest BCUT2D eigenvalue weighted by atomic mass is 32.1. The molecule has 1 aliphatic rings. The minimum Gasteiger partial charge on any atom is -0.351 e. The Balaban J connectivity index is 1.68. The second-order valence-electron chi connectivity index (χ2n) is 4.05. The fraction of sp³-hybridized carbons (Fsp3) is 0.500. The number of carbonyl (C=O) groups excluding carboxylic acids is 2. The van der Waals surface area contributed by atoms with Gasteiger partial charge in [-0.25, -0.2) is 5.06 Å². The Hall–Kier alpha value is -1.40. The van der Waals surface area contributed by atoms with Crippen LogP contribution < -0.4 is 5.32 Å². The summed E-state index contributed by atoms with van der Waals surface area (Å²) in [6.07, 6.45) is 2.25. The van der Waals surface area contributed by atoms with E-state index in [0.717, 1.165) is 12.8 Å². The van der Waals surface area contributed by atoms with E-state index < -0.39 is 0 Å². The largest absolute Gasteiger partial charge is 0.351 e. The van der Waals surface area contributed by atoms with Crippen molar-refractivity contribution in [2.45, 2.75) is 19.3 Å². The second-order valence-corrected chi connectivity index (χ2v) is 4.83. The van der Waals surface area contributed by atoms with Crippen LogP contribution in [0.2, 0.25) is 0 Å². The predicted octanol–water partition coefficient (Wildman–Crippen LogP) is 1.42. The molecule has 0 aliphatic carbocycles. The van der Waals surface area contributed by atoms with Crippen LogP contribution in [0.1, 0.15) is 29.6 Å². The molecule has 2 rings (SSSR count). The van der Waals surface area contributed by atoms with Crippen LogP contribution in [0, 0.1) is 0 Å². The van der Waals surface area contributed by atoms with Gasteiger partial charge in [0.05, 0.1) is 6.61 Å². The monoisotopic (exact) mass is 268 g/mol. The molecule has 0 atom stereocenters. The van der Waals surface area contributed by atoms with Crippen LogP contribution in [-0.2, 0) is 9.63 Å². The highest BCUT2D eigenvalue weighted by Gasteiger charge is 2.17. The molecule has 1 aromatic heterocycles. The van der Waals surface area contributed by atoms with Gasteiger partial charge in [-0.1, -0.05) is 0 Å². The molecule has 1 aromatic rings. The van der Waals surface area contributed by atoms with Crippen molar-refractivity contribution in [3.63, 3.8) is 0 Å². The average Bonchev–Trinajstić information content (AvgIpc) is 2.93. The number of hydrogen-bond acceptors (Lipinski definition) is 4. The van der Waals surface area contributed by atoms with Crippen molar-refractivity contribution in [3.8, 4) is 0 Å². The van der Waals surface area contributed by atoms with Crippen LogP contribution in [0.3, 0.4) is 0 Å². The van der Waals surface area contributed by atoms with Gasteiger partial charge in [0.1, 0.15) is 0 Å². The number of nitrogens with one attached hydrogen (secondary N) is 1. The topological polar surface area (TPSA) is 58.6 Å². The zero-order valence-corrected chi connectivity index (χ0v) is 10.9. The van der Waals surface area contributed by atoms with Gasteiger partial charge in [0, 0.05) is 30.5 Å². The van der Waals surface area contributed by atoms with Gasteiger partial charge in [-0.05, 0) is 24.3 Å². The summed E-state index contributed by atoms with van der Waals surface area (Å²) in [5.41, 5.74) is 0.640. The summed E-state index contributed by atoms with van der Waals surface area (Å²) in [4.78, 5) is 28.6. The first-order valence-electron chi connectivity index (χ1n) is 6.01. The van der Waals surface area contributed by atoms with E-state index in [1.165, 1.54) is 16.4 Å². The molecule has 98 valence electrons. The molecular weight excluding hydrogens is 252 g/mol. The summed E-state index contributed by atoms with van der Waals surface area (Å²) in [7, 11) is 0. The third kappa shape index (κ3) is 3.54. The van der Waals surface area contributed by atoms with Gasteiger partial charge in [0.2, 0.25) is 5.91 Å². The van der Waals surface area contributed by atoms with Crippen LogP contribution in [0.5, 0.6) is 0 Å². The highest BCUT2D eigenvalue weighted by molar-refractivity contribution is 7.08. The molecule has 1 saturated heterocycles. The van der Waals surface area contributed by atoms with Crippen molar-refractivity contribution in [1.82, 2.24) is 10.4 Å². The number of amides is 2. The lowest BCUT2D eigenvalue weighted by Gasteiger charge is -2.25. The lowest BCUT2D eigenvalue weighted by atomic mass is 10.3. The third-order valence-electron chi connectivity index (χ3n) is 2.69. The number of rotatable bonds is 4. The van der Waals surface area contributed by atoms with E-state index in [1.807, 2.05) is 5.38 Å². The van der Waals surface area contributed by atoms with E-state index in [0.29, 0.717) is 25.3 Å². The van der Waals surface area contributed by atoms with E-state index >= 15 is 0 Å². The fourth-order valence-corrected chi connectivity index (χ4v) is 2.33. The molecule has 0 spiro atoms. The van der Waals surface area contributed by atoms with Crippen LogP contribution in [0.25, 0.3) is 0 Å². The number of hydroxylamine groups is 2. The van der Waals surface area contributed by atoms with E-state index in [9.17, 15) is 9.59 Å². The van der Waals surface area contributed by atoms with Crippen molar-refractivity contribution in [2.75, 3.05) is 19.7 Å². The second kappa shape index (κ2) is 6.51. The van der Waals surface area contributed by atoms with Crippen molar-refractivity contribution in [3.05, 3.63) is 22.4 Å². The van der Waals surface area contributed by atoms with E-state index in [1.54, 1.807) is 11.4 Å². The average molecular weight is 268 g/mol. The lowest BCUT2D eigenvalue weighted by molar-refractivity contribution is -0.196. The Labute approximate surface area is 110 Å². The smallest absolute Gasteiger partial charge is 0.252 e. The fourth-order valence-electron chi connectivity index (χ4n) is 1.70. The Kier molecular flexibility index (Phi) is 4.72. The minimum atomic E-state index is -0.136. The summed E-state index contributed by atoms with van der Waals surface area (Å²) < 4.78 is 0. The molecule has 0 aromatic carbocycles. The van der Waals surface area contributed by atoms with E-state index in [4.69, 9.17) is 4.84 Å². The molecule has 0 bridgehead atoms. The number of thiophene rings is 1. The first-order chi connectivity index (χ1) is 8.77. The Morgan fingerprint density at radius 1 is 1.44 bits per heavy atom. The number of nitrogens with zero attached hydrogens (tertiary/aromatic N) is 1. The molecule has 0 radical (unpaired) electrons. The molecule has 2 amide bonds. The molecule has 1 N–H and O–H groups in total. The first kappa shape index (κ1) is 13.0. The lowest BCUT2D eigenvalue weighted by Crippen LogP contribution is -2.37. The van der Waals surface area contributed by atoms with Gasteiger partial charge in [0.15, 0.2) is 0 Å². The molecule has 18 heavy (non-hydrogen) atoms. The Morgan fingerprint density at radius 2 is 2.33 bits per heavy atom. The zero-order valence-electron chi connectivity index (χ0n) is 10.1. The summed E-state index contributed by atoms with van der Waals surface area (Å²) >= 11 is 1.47. The summed E-state index contributed by atoms with van der Waals surface area (Å²) in [6, 6.07) is 1.76. The van der Waals surface area contributed by atoms with Crippen molar-refractivity contribution < 1.29 is 14.4 Å². The summed E-state index contributed by atoms with van der Waals surface area (Å²) in [6.45, 7) is 1.59. The van der Waals surface area contributed by atoms with Crippen LogP contribution in [0.4, 0.5) is 0 Å². The molecule has 6 heteroatoms. The maximum Gasteiger partial charge on any atom is 0.252 e. The normalized spacial score (nSPS) is 15.4. The van der Waals surface area contributed by atoms with Gasteiger partial charge in [-0.3, -0.25) is 14.4 Å². The Bertz CT molecular complexity index is 399. The van der Waals surface area contributed by atoms with Gasteiger partial charge < -0.3 is 5.32 Å². The van der Waals surface area contributed by atoms with E-state index in [-0.39, 0.29) is 18.2 Å². The Morgan fingerprint density at radius 3 is 3.00 bits per heavy atom. The standard InChI is InChI=1S/C12H16N2O3S/c15-11(14-6-1-2-7-17-14)3-5-13-12(16)10-4-8-18-9-10/h4,8-9H,1-3,5-7H2,(H,13,16). The molecule has 1 fully saturated rings. The van der Waals surface area contributed by atoms with E-state index in [2.05, 4.69) is 5.32 Å². The summed E-state index contributed by atoms with van der Waals surface area (Å²) in [5, 5.41) is 7.75. The van der Waals surface area contributed by atoms with Gasteiger partial charge in [-0.15, -0.1) is 0 Å². The quantitative estimate of drug-likeness (QED) is 0.898. The van der Waals surface area contributed by atoms with Crippen molar-refractivity contribution in [1.29, 1.82) is 0 Å². The van der Waals surface area contributed by atoms with Crippen LogP contribution in [0.15, 0.2) is 16.8 Å². The van der Waals surface area contributed by atoms with Crippen molar-refractivity contribution >= 4 is 23.2 Å². The highest BCUT2D eigenvalue weighted by Crippen LogP contribution is 2.08. The number of hydrogen-bond donors (Lipinski definition) is 1. The molecular formula is C12H16N2O3S. The SMILES string of the molecule is O=C(NCCC(=O)N1CCCCO1)c1ccsc1. The number of carbonyl (C=O) groups is 2.